The van der Waals surface area contributed by atoms with Gasteiger partial charge in [-0.15, -0.1) is 0 Å². The number of halogens is 2. The third-order valence-corrected chi connectivity index (χ3v) is 3.67. The summed E-state index contributed by atoms with van der Waals surface area (Å²) in [6.45, 7) is 5.04. The molecule has 0 amide bonds. The summed E-state index contributed by atoms with van der Waals surface area (Å²) in [5.41, 5.74) is 0.643. The summed E-state index contributed by atoms with van der Waals surface area (Å²) >= 11 is 0. The van der Waals surface area contributed by atoms with Crippen molar-refractivity contribution in [1.82, 2.24) is 10.2 Å². The zero-order valence-corrected chi connectivity index (χ0v) is 11.4. The van der Waals surface area contributed by atoms with Crippen LogP contribution in [-0.4, -0.2) is 37.9 Å². The molecule has 20 heavy (non-hydrogen) atoms. The molecule has 0 bridgehead atoms. The van der Waals surface area contributed by atoms with Crippen LogP contribution in [0.25, 0.3) is 0 Å². The van der Waals surface area contributed by atoms with Gasteiger partial charge in [0.25, 0.3) is 5.92 Å². The number of nitrogens with zero attached hydrogens (tertiary/aromatic N) is 1. The molecule has 2 aliphatic rings. The number of benzene rings is 1. The van der Waals surface area contributed by atoms with E-state index in [1.54, 1.807) is 6.07 Å². The van der Waals surface area contributed by atoms with Crippen LogP contribution in [0.15, 0.2) is 12.1 Å². The average Bonchev–Trinajstić information content (AvgIpc) is 2.85. The van der Waals surface area contributed by atoms with Gasteiger partial charge in [-0.3, -0.25) is 4.90 Å². The Hall–Kier alpha value is -1.40. The second-order valence-electron chi connectivity index (χ2n) is 5.28. The fourth-order valence-electron chi connectivity index (χ4n) is 2.63. The molecule has 2 aliphatic heterocycles. The van der Waals surface area contributed by atoms with Gasteiger partial charge in [0.15, 0.2) is 11.5 Å². The molecule has 2 heterocycles. The summed E-state index contributed by atoms with van der Waals surface area (Å²) in [5, 5.41) is 3.25. The van der Waals surface area contributed by atoms with Gasteiger partial charge in [0, 0.05) is 45.2 Å². The molecule has 110 valence electrons. The van der Waals surface area contributed by atoms with Crippen LogP contribution in [0.5, 0.6) is 11.5 Å². The van der Waals surface area contributed by atoms with Gasteiger partial charge in [0.2, 0.25) is 6.79 Å². The van der Waals surface area contributed by atoms with Crippen LogP contribution in [0.2, 0.25) is 0 Å². The van der Waals surface area contributed by atoms with Crippen molar-refractivity contribution in [3.05, 3.63) is 23.3 Å². The number of hydrogen-bond donors (Lipinski definition) is 1. The van der Waals surface area contributed by atoms with Gasteiger partial charge in [-0.05, 0) is 17.7 Å². The van der Waals surface area contributed by atoms with Gasteiger partial charge in [0.1, 0.15) is 0 Å². The smallest absolute Gasteiger partial charge is 0.270 e. The van der Waals surface area contributed by atoms with Crippen LogP contribution in [0.3, 0.4) is 0 Å². The molecule has 0 atom stereocenters. The van der Waals surface area contributed by atoms with Crippen LogP contribution >= 0.6 is 0 Å². The minimum Gasteiger partial charge on any atom is -0.454 e. The molecule has 0 radical (unpaired) electrons. The minimum absolute atomic E-state index is 0.0280. The third kappa shape index (κ3) is 2.71. The van der Waals surface area contributed by atoms with E-state index < -0.39 is 5.92 Å². The van der Waals surface area contributed by atoms with Crippen molar-refractivity contribution < 1.29 is 18.3 Å². The molecule has 0 spiro atoms. The van der Waals surface area contributed by atoms with E-state index in [4.69, 9.17) is 9.47 Å². The Labute approximate surface area is 116 Å². The highest BCUT2D eigenvalue weighted by atomic mass is 19.3. The van der Waals surface area contributed by atoms with Crippen LogP contribution in [-0.2, 0) is 12.5 Å². The molecule has 0 aromatic heterocycles. The number of rotatable bonds is 3. The van der Waals surface area contributed by atoms with E-state index >= 15 is 0 Å². The maximum atomic E-state index is 13.8. The van der Waals surface area contributed by atoms with E-state index in [-0.39, 0.29) is 12.4 Å². The number of fused-ring (bicyclic) bond motifs is 1. The van der Waals surface area contributed by atoms with E-state index in [0.29, 0.717) is 23.6 Å². The molecular formula is C14H18F2N2O2. The number of alkyl halides is 2. The normalized spacial score (nSPS) is 19.4. The summed E-state index contributed by atoms with van der Waals surface area (Å²) in [5.74, 6) is -1.92. The van der Waals surface area contributed by atoms with Gasteiger partial charge in [-0.25, -0.2) is 8.78 Å². The standard InChI is InChI=1S/C14H18F2N2O2/c1-14(15,16)11-7-13-12(19-9-20-13)6-10(11)8-18-4-2-17-3-5-18/h6-7,17H,2-5,8-9H2,1H3. The first-order valence-corrected chi connectivity index (χ1v) is 6.78. The largest absolute Gasteiger partial charge is 0.454 e. The average molecular weight is 284 g/mol. The van der Waals surface area contributed by atoms with E-state index in [1.165, 1.54) is 6.07 Å². The first-order chi connectivity index (χ1) is 9.54. The highest BCUT2D eigenvalue weighted by Gasteiger charge is 2.31. The monoisotopic (exact) mass is 284 g/mol. The molecule has 1 N–H and O–H groups in total. The maximum Gasteiger partial charge on any atom is 0.270 e. The molecule has 1 aromatic carbocycles. The van der Waals surface area contributed by atoms with Crippen LogP contribution in [0.4, 0.5) is 8.78 Å². The lowest BCUT2D eigenvalue weighted by Gasteiger charge is -2.28. The Morgan fingerprint density at radius 2 is 1.85 bits per heavy atom. The molecular weight excluding hydrogens is 266 g/mol. The predicted octanol–water partition coefficient (Wildman–Crippen LogP) is 1.93. The fraction of sp³-hybridized carbons (Fsp3) is 0.571. The minimum atomic E-state index is -2.88. The SMILES string of the molecule is CC(F)(F)c1cc2c(cc1CN1CCNCC1)OCO2. The van der Waals surface area contributed by atoms with E-state index in [0.717, 1.165) is 33.1 Å². The first kappa shape index (κ1) is 13.6. The second kappa shape index (κ2) is 5.18. The summed E-state index contributed by atoms with van der Waals surface area (Å²) in [6, 6.07) is 3.11. The van der Waals surface area contributed by atoms with Crippen molar-refractivity contribution in [2.24, 2.45) is 0 Å². The van der Waals surface area contributed by atoms with Gasteiger partial charge < -0.3 is 14.8 Å². The lowest BCUT2D eigenvalue weighted by Crippen LogP contribution is -2.43. The van der Waals surface area contributed by atoms with Crippen LogP contribution < -0.4 is 14.8 Å². The van der Waals surface area contributed by atoms with Gasteiger partial charge in [0.05, 0.1) is 0 Å². The Morgan fingerprint density at radius 3 is 2.50 bits per heavy atom. The maximum absolute atomic E-state index is 13.8. The number of ether oxygens (including phenoxy) is 2. The molecule has 3 rings (SSSR count). The molecule has 1 fully saturated rings. The van der Waals surface area contributed by atoms with E-state index in [2.05, 4.69) is 10.2 Å². The quantitative estimate of drug-likeness (QED) is 0.919. The highest BCUT2D eigenvalue weighted by molar-refractivity contribution is 5.50. The van der Waals surface area contributed by atoms with Crippen molar-refractivity contribution in [3.63, 3.8) is 0 Å². The molecule has 1 saturated heterocycles. The summed E-state index contributed by atoms with van der Waals surface area (Å²) in [6.07, 6.45) is 0. The molecule has 0 unspecified atom stereocenters. The molecule has 0 saturated carbocycles. The van der Waals surface area contributed by atoms with E-state index in [1.807, 2.05) is 0 Å². The second-order valence-corrected chi connectivity index (χ2v) is 5.28. The lowest BCUT2D eigenvalue weighted by atomic mass is 10.0. The summed E-state index contributed by atoms with van der Waals surface area (Å²) < 4.78 is 38.1. The molecule has 4 nitrogen and oxygen atoms in total. The van der Waals surface area contributed by atoms with E-state index in [9.17, 15) is 8.78 Å². The van der Waals surface area contributed by atoms with Crippen LogP contribution in [0.1, 0.15) is 18.1 Å². The molecule has 6 heteroatoms. The Balaban J connectivity index is 1.91. The molecule has 0 aliphatic carbocycles. The topological polar surface area (TPSA) is 33.7 Å². The van der Waals surface area contributed by atoms with Crippen molar-refractivity contribution in [3.8, 4) is 11.5 Å². The Morgan fingerprint density at radius 1 is 1.20 bits per heavy atom. The molecule has 1 aromatic rings. The van der Waals surface area contributed by atoms with Crippen molar-refractivity contribution >= 4 is 0 Å². The van der Waals surface area contributed by atoms with Gasteiger partial charge in [-0.2, -0.15) is 0 Å². The van der Waals surface area contributed by atoms with Crippen molar-refractivity contribution in [2.45, 2.75) is 19.4 Å². The van der Waals surface area contributed by atoms with Crippen molar-refractivity contribution in [2.75, 3.05) is 33.0 Å². The first-order valence-electron chi connectivity index (χ1n) is 6.78. The lowest BCUT2D eigenvalue weighted by molar-refractivity contribution is 0.0156. The third-order valence-electron chi connectivity index (χ3n) is 3.67. The Bertz CT molecular complexity index is 497. The number of piperazine rings is 1. The predicted molar refractivity (Wildman–Crippen MR) is 70.3 cm³/mol. The van der Waals surface area contributed by atoms with Gasteiger partial charge in [-0.1, -0.05) is 0 Å². The highest BCUT2D eigenvalue weighted by Crippen LogP contribution is 2.40. The van der Waals surface area contributed by atoms with Gasteiger partial charge >= 0.3 is 0 Å². The van der Waals surface area contributed by atoms with Crippen molar-refractivity contribution in [1.29, 1.82) is 0 Å². The number of hydrogen-bond acceptors (Lipinski definition) is 4. The van der Waals surface area contributed by atoms with Crippen LogP contribution in [0, 0.1) is 0 Å². The number of nitrogens with one attached hydrogen (secondary N) is 1. The fourth-order valence-corrected chi connectivity index (χ4v) is 2.63. The summed E-state index contributed by atoms with van der Waals surface area (Å²) in [4.78, 5) is 2.17. The Kier molecular flexibility index (Phi) is 3.52. The zero-order valence-electron chi connectivity index (χ0n) is 11.4. The zero-order chi connectivity index (χ0) is 14.2. The summed E-state index contributed by atoms with van der Waals surface area (Å²) in [7, 11) is 0.